The van der Waals surface area contributed by atoms with Crippen LogP contribution in [-0.2, 0) is 16.8 Å². The lowest BCUT2D eigenvalue weighted by Gasteiger charge is -2.14. The summed E-state index contributed by atoms with van der Waals surface area (Å²) in [6.45, 7) is 8.87. The Morgan fingerprint density at radius 2 is 2.22 bits per heavy atom. The third-order valence-electron chi connectivity index (χ3n) is 2.67. The fraction of sp³-hybridized carbons (Fsp3) is 0.692. The van der Waals surface area contributed by atoms with Crippen molar-refractivity contribution in [3.05, 3.63) is 16.1 Å². The van der Waals surface area contributed by atoms with E-state index in [-0.39, 0.29) is 11.3 Å². The van der Waals surface area contributed by atoms with Crippen LogP contribution in [-0.4, -0.2) is 16.9 Å². The summed E-state index contributed by atoms with van der Waals surface area (Å²) in [6, 6.07) is -0.406. The Morgan fingerprint density at radius 3 is 2.72 bits per heavy atom. The van der Waals surface area contributed by atoms with Gasteiger partial charge in [-0.05, 0) is 6.42 Å². The number of carbonyl (C=O) groups is 1. The normalized spacial score (nSPS) is 13.4. The Hall–Kier alpha value is -0.940. The molecule has 0 saturated heterocycles. The van der Waals surface area contributed by atoms with Gasteiger partial charge in [0.1, 0.15) is 5.01 Å². The third kappa shape index (κ3) is 4.38. The van der Waals surface area contributed by atoms with E-state index in [1.54, 1.807) is 11.3 Å². The number of amides is 1. The van der Waals surface area contributed by atoms with Crippen molar-refractivity contribution < 1.29 is 4.79 Å². The number of hydrogen-bond acceptors (Lipinski definition) is 4. The highest BCUT2D eigenvalue weighted by molar-refractivity contribution is 7.09. The molecular weight excluding hydrogens is 246 g/mol. The highest BCUT2D eigenvalue weighted by atomic mass is 32.1. The third-order valence-corrected chi connectivity index (χ3v) is 3.52. The monoisotopic (exact) mass is 269 g/mol. The molecule has 0 radical (unpaired) electrons. The number of carbonyl (C=O) groups excluding carboxylic acids is 1. The van der Waals surface area contributed by atoms with Crippen LogP contribution in [0.4, 0.5) is 0 Å². The van der Waals surface area contributed by atoms with Crippen molar-refractivity contribution in [1.29, 1.82) is 0 Å². The van der Waals surface area contributed by atoms with Gasteiger partial charge in [-0.25, -0.2) is 4.98 Å². The molecule has 0 spiro atoms. The minimum absolute atomic E-state index is 0.0529. The van der Waals surface area contributed by atoms with E-state index in [2.05, 4.69) is 31.1 Å². The van der Waals surface area contributed by atoms with E-state index >= 15 is 0 Å². The molecule has 1 amide bonds. The molecule has 0 aliphatic heterocycles. The van der Waals surface area contributed by atoms with Crippen LogP contribution in [0.5, 0.6) is 0 Å². The van der Waals surface area contributed by atoms with Gasteiger partial charge in [-0.3, -0.25) is 4.79 Å². The molecule has 0 bridgehead atoms. The summed E-state index contributed by atoms with van der Waals surface area (Å²) >= 11 is 1.58. The van der Waals surface area contributed by atoms with Gasteiger partial charge >= 0.3 is 0 Å². The molecule has 1 heterocycles. The van der Waals surface area contributed by atoms with Gasteiger partial charge in [0.25, 0.3) is 0 Å². The number of nitrogens with two attached hydrogens (primary N) is 1. The Morgan fingerprint density at radius 1 is 1.56 bits per heavy atom. The maximum atomic E-state index is 11.7. The van der Waals surface area contributed by atoms with Crippen molar-refractivity contribution in [2.24, 2.45) is 5.73 Å². The molecule has 4 nitrogen and oxygen atoms in total. The van der Waals surface area contributed by atoms with Crippen LogP contribution in [0.25, 0.3) is 0 Å². The first kappa shape index (κ1) is 15.1. The minimum atomic E-state index is -0.406. The van der Waals surface area contributed by atoms with Gasteiger partial charge in [-0.2, -0.15) is 0 Å². The average Bonchev–Trinajstić information content (AvgIpc) is 2.74. The summed E-state index contributed by atoms with van der Waals surface area (Å²) in [7, 11) is 0. The lowest BCUT2D eigenvalue weighted by atomic mass is 9.93. The molecule has 102 valence electrons. The molecule has 3 N–H and O–H groups in total. The summed E-state index contributed by atoms with van der Waals surface area (Å²) in [5, 5.41) is 5.81. The number of nitrogens with zero attached hydrogens (tertiary/aromatic N) is 1. The van der Waals surface area contributed by atoms with Crippen LogP contribution in [0.3, 0.4) is 0 Å². The fourth-order valence-corrected chi connectivity index (χ4v) is 2.43. The van der Waals surface area contributed by atoms with E-state index in [1.807, 2.05) is 12.3 Å². The van der Waals surface area contributed by atoms with Crippen LogP contribution in [0, 0.1) is 0 Å². The summed E-state index contributed by atoms with van der Waals surface area (Å²) in [4.78, 5) is 16.2. The first-order valence-corrected chi connectivity index (χ1v) is 7.20. The van der Waals surface area contributed by atoms with Gasteiger partial charge < -0.3 is 11.1 Å². The molecule has 0 fully saturated rings. The predicted octanol–water partition coefficient (Wildman–Crippen LogP) is 2.18. The summed E-state index contributed by atoms with van der Waals surface area (Å²) in [5.41, 5.74) is 6.85. The van der Waals surface area contributed by atoms with Gasteiger partial charge in [0.15, 0.2) is 0 Å². The molecule has 0 aliphatic carbocycles. The van der Waals surface area contributed by atoms with E-state index in [0.29, 0.717) is 6.54 Å². The first-order chi connectivity index (χ1) is 8.34. The molecule has 0 saturated carbocycles. The Labute approximate surface area is 113 Å². The van der Waals surface area contributed by atoms with E-state index in [9.17, 15) is 4.79 Å². The topological polar surface area (TPSA) is 68.0 Å². The second kappa shape index (κ2) is 6.29. The molecule has 0 aromatic carbocycles. The van der Waals surface area contributed by atoms with Crippen molar-refractivity contribution in [1.82, 2.24) is 10.3 Å². The molecule has 1 rings (SSSR count). The molecule has 1 atom stereocenters. The van der Waals surface area contributed by atoms with E-state index < -0.39 is 6.04 Å². The van der Waals surface area contributed by atoms with Gasteiger partial charge in [0.05, 0.1) is 18.3 Å². The summed E-state index contributed by atoms with van der Waals surface area (Å²) in [5.74, 6) is -0.0932. The van der Waals surface area contributed by atoms with E-state index in [0.717, 1.165) is 23.5 Å². The average molecular weight is 269 g/mol. The SMILES string of the molecule is CCCC(N)C(=O)NCc1nc(C(C)(C)C)cs1. The lowest BCUT2D eigenvalue weighted by Crippen LogP contribution is -2.40. The molecular formula is C13H23N3OS. The van der Waals surface area contributed by atoms with Crippen molar-refractivity contribution in [3.63, 3.8) is 0 Å². The van der Waals surface area contributed by atoms with E-state index in [4.69, 9.17) is 5.73 Å². The molecule has 1 aromatic heterocycles. The second-order valence-electron chi connectivity index (χ2n) is 5.49. The van der Waals surface area contributed by atoms with Crippen LogP contribution in [0.2, 0.25) is 0 Å². The standard InChI is InChI=1S/C13H23N3OS/c1-5-6-9(14)12(17)15-7-11-16-10(8-18-11)13(2,3)4/h8-9H,5-7,14H2,1-4H3,(H,15,17). The number of hydrogen-bond donors (Lipinski definition) is 2. The highest BCUT2D eigenvalue weighted by Gasteiger charge is 2.18. The number of rotatable bonds is 5. The first-order valence-electron chi connectivity index (χ1n) is 6.32. The number of aromatic nitrogens is 1. The quantitative estimate of drug-likeness (QED) is 0.861. The van der Waals surface area contributed by atoms with Gasteiger partial charge in [-0.1, -0.05) is 34.1 Å². The Balaban J connectivity index is 2.49. The van der Waals surface area contributed by atoms with Crippen LogP contribution >= 0.6 is 11.3 Å². The molecule has 0 aliphatic rings. The van der Waals surface area contributed by atoms with Crippen LogP contribution < -0.4 is 11.1 Å². The summed E-state index contributed by atoms with van der Waals surface area (Å²) < 4.78 is 0. The van der Waals surface area contributed by atoms with Crippen molar-refractivity contribution in [3.8, 4) is 0 Å². The zero-order valence-corrected chi connectivity index (χ0v) is 12.4. The zero-order valence-electron chi connectivity index (χ0n) is 11.6. The molecule has 5 heteroatoms. The van der Waals surface area contributed by atoms with Gasteiger partial charge in [0.2, 0.25) is 5.91 Å². The van der Waals surface area contributed by atoms with Crippen molar-refractivity contribution in [2.45, 2.75) is 58.5 Å². The van der Waals surface area contributed by atoms with Crippen molar-refractivity contribution in [2.75, 3.05) is 0 Å². The smallest absolute Gasteiger partial charge is 0.237 e. The lowest BCUT2D eigenvalue weighted by molar-refractivity contribution is -0.122. The summed E-state index contributed by atoms with van der Waals surface area (Å²) in [6.07, 6.45) is 1.64. The molecule has 1 unspecified atom stereocenters. The molecule has 18 heavy (non-hydrogen) atoms. The maximum Gasteiger partial charge on any atom is 0.237 e. The van der Waals surface area contributed by atoms with Gasteiger partial charge in [-0.15, -0.1) is 11.3 Å². The Bertz CT molecular complexity index is 395. The van der Waals surface area contributed by atoms with Crippen LogP contribution in [0.1, 0.15) is 51.2 Å². The predicted molar refractivity (Wildman–Crippen MR) is 75.5 cm³/mol. The molecule has 1 aromatic rings. The maximum absolute atomic E-state index is 11.7. The second-order valence-corrected chi connectivity index (χ2v) is 6.43. The minimum Gasteiger partial charge on any atom is -0.348 e. The fourth-order valence-electron chi connectivity index (χ4n) is 1.47. The highest BCUT2D eigenvalue weighted by Crippen LogP contribution is 2.23. The van der Waals surface area contributed by atoms with Crippen molar-refractivity contribution >= 4 is 17.2 Å². The zero-order chi connectivity index (χ0) is 13.8. The van der Waals surface area contributed by atoms with E-state index in [1.165, 1.54) is 0 Å². The number of thiazole rings is 1. The number of nitrogens with one attached hydrogen (secondary N) is 1. The Kier molecular flexibility index (Phi) is 5.28. The van der Waals surface area contributed by atoms with Gasteiger partial charge in [0, 0.05) is 10.8 Å². The largest absolute Gasteiger partial charge is 0.348 e. The van der Waals surface area contributed by atoms with Crippen LogP contribution in [0.15, 0.2) is 5.38 Å².